The van der Waals surface area contributed by atoms with E-state index in [-0.39, 0.29) is 17.5 Å². The molecule has 2 aliphatic rings. The van der Waals surface area contributed by atoms with Crippen LogP contribution in [0.3, 0.4) is 0 Å². The topological polar surface area (TPSA) is 49.3 Å². The van der Waals surface area contributed by atoms with Gasteiger partial charge in [0.15, 0.2) is 5.78 Å². The Morgan fingerprint density at radius 1 is 1.00 bits per heavy atom. The maximum Gasteiger partial charge on any atom is 0.166 e. The predicted molar refractivity (Wildman–Crippen MR) is 108 cm³/mol. The summed E-state index contributed by atoms with van der Waals surface area (Å²) >= 11 is 0. The molecule has 0 spiro atoms. The first-order chi connectivity index (χ1) is 13.6. The van der Waals surface area contributed by atoms with Crippen molar-refractivity contribution in [1.29, 1.82) is 0 Å². The molecule has 0 bridgehead atoms. The van der Waals surface area contributed by atoms with Gasteiger partial charge in [-0.1, -0.05) is 6.92 Å². The van der Waals surface area contributed by atoms with Gasteiger partial charge in [0.1, 0.15) is 23.8 Å². The number of hydrogen-bond acceptors (Lipinski definition) is 5. The van der Waals surface area contributed by atoms with Crippen LogP contribution in [-0.2, 0) is 0 Å². The van der Waals surface area contributed by atoms with Crippen molar-refractivity contribution < 1.29 is 9.18 Å². The van der Waals surface area contributed by atoms with Crippen molar-refractivity contribution in [3.8, 4) is 0 Å². The quantitative estimate of drug-likeness (QED) is 0.750. The smallest absolute Gasteiger partial charge is 0.166 e. The fraction of sp³-hybridized carbons (Fsp3) is 0.500. The number of hydrogen-bond donors (Lipinski definition) is 0. The minimum Gasteiger partial charge on any atom is -0.356 e. The Kier molecular flexibility index (Phi) is 5.55. The third-order valence-electron chi connectivity index (χ3n) is 5.94. The molecule has 148 valence electrons. The third kappa shape index (κ3) is 4.16. The molecule has 6 heteroatoms. The molecular formula is C22H27FN4O. The van der Waals surface area contributed by atoms with E-state index in [1.807, 2.05) is 0 Å². The number of rotatable bonds is 4. The first-order valence-corrected chi connectivity index (χ1v) is 10.2. The molecule has 0 saturated carbocycles. The van der Waals surface area contributed by atoms with Crippen LogP contribution in [0, 0.1) is 17.7 Å². The van der Waals surface area contributed by atoms with Gasteiger partial charge in [0, 0.05) is 43.7 Å². The number of piperidine rings is 2. The van der Waals surface area contributed by atoms with Crippen LogP contribution in [0.15, 0.2) is 36.7 Å². The lowest BCUT2D eigenvalue weighted by atomic mass is 9.89. The highest BCUT2D eigenvalue weighted by Gasteiger charge is 2.27. The molecule has 3 heterocycles. The van der Waals surface area contributed by atoms with Gasteiger partial charge in [0.25, 0.3) is 0 Å². The highest BCUT2D eigenvalue weighted by molar-refractivity contribution is 5.97. The van der Waals surface area contributed by atoms with Crippen LogP contribution < -0.4 is 9.80 Å². The van der Waals surface area contributed by atoms with E-state index >= 15 is 0 Å². The third-order valence-corrected chi connectivity index (χ3v) is 5.94. The summed E-state index contributed by atoms with van der Waals surface area (Å²) in [5, 5.41) is 0. The second kappa shape index (κ2) is 8.25. The van der Waals surface area contributed by atoms with E-state index in [4.69, 9.17) is 0 Å². The monoisotopic (exact) mass is 382 g/mol. The number of nitrogens with zero attached hydrogens (tertiary/aromatic N) is 4. The van der Waals surface area contributed by atoms with Crippen molar-refractivity contribution in [2.24, 2.45) is 11.8 Å². The van der Waals surface area contributed by atoms with Crippen LogP contribution in [0.25, 0.3) is 0 Å². The van der Waals surface area contributed by atoms with E-state index < -0.39 is 0 Å². The molecule has 1 unspecified atom stereocenters. The van der Waals surface area contributed by atoms with Gasteiger partial charge in [-0.05, 0) is 55.9 Å². The molecule has 0 radical (unpaired) electrons. The number of carbonyl (C=O) groups excluding carboxylic acids is 1. The molecule has 2 aliphatic heterocycles. The summed E-state index contributed by atoms with van der Waals surface area (Å²) in [6.45, 7) is 5.98. The summed E-state index contributed by atoms with van der Waals surface area (Å²) in [6, 6.07) is 7.96. The first kappa shape index (κ1) is 18.8. The second-order valence-electron chi connectivity index (χ2n) is 8.06. The molecule has 0 N–H and O–H groups in total. The fourth-order valence-corrected chi connectivity index (χ4v) is 4.30. The summed E-state index contributed by atoms with van der Waals surface area (Å²) in [6.07, 6.45) is 5.72. The van der Waals surface area contributed by atoms with E-state index in [1.54, 1.807) is 18.5 Å². The molecule has 1 aromatic heterocycles. The van der Waals surface area contributed by atoms with Crippen LogP contribution in [0.1, 0.15) is 43.0 Å². The molecule has 1 atom stereocenters. The van der Waals surface area contributed by atoms with E-state index in [0.29, 0.717) is 11.5 Å². The Bertz CT molecular complexity index is 818. The summed E-state index contributed by atoms with van der Waals surface area (Å²) in [7, 11) is 0. The van der Waals surface area contributed by atoms with Crippen LogP contribution >= 0.6 is 0 Å². The summed E-state index contributed by atoms with van der Waals surface area (Å²) in [4.78, 5) is 26.2. The van der Waals surface area contributed by atoms with E-state index in [1.165, 1.54) is 25.0 Å². The van der Waals surface area contributed by atoms with E-state index in [0.717, 1.165) is 50.7 Å². The fourth-order valence-electron chi connectivity index (χ4n) is 4.30. The number of halogens is 1. The first-order valence-electron chi connectivity index (χ1n) is 10.2. The van der Waals surface area contributed by atoms with Crippen molar-refractivity contribution in [3.05, 3.63) is 48.0 Å². The standard InChI is InChI=1S/C22H27FN4O/c1-16-3-2-10-27(14-16)21-13-20(24-15-25-21)26-11-8-18(9-12-26)22(28)17-4-6-19(23)7-5-17/h4-7,13,15-16,18H,2-3,8-12,14H2,1H3. The van der Waals surface area contributed by atoms with Crippen LogP contribution in [-0.4, -0.2) is 41.9 Å². The summed E-state index contributed by atoms with van der Waals surface area (Å²) in [5.41, 5.74) is 0.600. The van der Waals surface area contributed by atoms with Crippen LogP contribution in [0.2, 0.25) is 0 Å². The molecule has 4 rings (SSSR count). The minimum atomic E-state index is -0.311. The Morgan fingerprint density at radius 3 is 2.36 bits per heavy atom. The Hall–Kier alpha value is -2.50. The zero-order valence-corrected chi connectivity index (χ0v) is 16.4. The lowest BCUT2D eigenvalue weighted by Gasteiger charge is -2.34. The normalized spacial score (nSPS) is 21.0. The zero-order chi connectivity index (χ0) is 19.5. The van der Waals surface area contributed by atoms with Crippen molar-refractivity contribution in [3.63, 3.8) is 0 Å². The van der Waals surface area contributed by atoms with Crippen molar-refractivity contribution >= 4 is 17.4 Å². The number of aromatic nitrogens is 2. The highest BCUT2D eigenvalue weighted by Crippen LogP contribution is 2.27. The van der Waals surface area contributed by atoms with E-state index in [2.05, 4.69) is 32.8 Å². The van der Waals surface area contributed by atoms with Gasteiger partial charge >= 0.3 is 0 Å². The summed E-state index contributed by atoms with van der Waals surface area (Å²) < 4.78 is 13.1. The van der Waals surface area contributed by atoms with Crippen molar-refractivity contribution in [2.45, 2.75) is 32.6 Å². The largest absolute Gasteiger partial charge is 0.356 e. The average molecular weight is 382 g/mol. The molecule has 1 aromatic carbocycles. The molecule has 0 amide bonds. The molecule has 2 saturated heterocycles. The number of anilines is 2. The Balaban J connectivity index is 1.39. The SMILES string of the molecule is CC1CCCN(c2cc(N3CCC(C(=O)c4ccc(F)cc4)CC3)ncn2)C1. The van der Waals surface area contributed by atoms with Gasteiger partial charge in [-0.15, -0.1) is 0 Å². The van der Waals surface area contributed by atoms with Gasteiger partial charge in [-0.25, -0.2) is 14.4 Å². The molecule has 2 fully saturated rings. The lowest BCUT2D eigenvalue weighted by molar-refractivity contribution is 0.0900. The maximum absolute atomic E-state index is 13.1. The summed E-state index contributed by atoms with van der Waals surface area (Å²) in [5.74, 6) is 2.43. The number of benzene rings is 1. The predicted octanol–water partition coefficient (Wildman–Crippen LogP) is 3.95. The van der Waals surface area contributed by atoms with Crippen LogP contribution in [0.4, 0.5) is 16.0 Å². The molecule has 28 heavy (non-hydrogen) atoms. The maximum atomic E-state index is 13.1. The van der Waals surface area contributed by atoms with Crippen molar-refractivity contribution in [2.75, 3.05) is 36.0 Å². The van der Waals surface area contributed by atoms with Crippen molar-refractivity contribution in [1.82, 2.24) is 9.97 Å². The molecule has 0 aliphatic carbocycles. The minimum absolute atomic E-state index is 0.00837. The Morgan fingerprint density at radius 2 is 1.68 bits per heavy atom. The van der Waals surface area contributed by atoms with Gasteiger partial charge < -0.3 is 9.80 Å². The van der Waals surface area contributed by atoms with Gasteiger partial charge in [0.2, 0.25) is 0 Å². The van der Waals surface area contributed by atoms with Crippen LogP contribution in [0.5, 0.6) is 0 Å². The average Bonchev–Trinajstić information content (AvgIpc) is 2.74. The zero-order valence-electron chi connectivity index (χ0n) is 16.4. The van der Waals surface area contributed by atoms with Gasteiger partial charge in [0.05, 0.1) is 0 Å². The van der Waals surface area contributed by atoms with E-state index in [9.17, 15) is 9.18 Å². The molecular weight excluding hydrogens is 355 g/mol. The lowest BCUT2D eigenvalue weighted by Crippen LogP contribution is -2.38. The van der Waals surface area contributed by atoms with Gasteiger partial charge in [-0.2, -0.15) is 0 Å². The number of Topliss-reactive ketones (excluding diaryl/α,β-unsaturated/α-hetero) is 1. The second-order valence-corrected chi connectivity index (χ2v) is 8.06. The molecule has 2 aromatic rings. The van der Waals surface area contributed by atoms with Gasteiger partial charge in [-0.3, -0.25) is 4.79 Å². The number of carbonyl (C=O) groups is 1. The highest BCUT2D eigenvalue weighted by atomic mass is 19.1. The number of ketones is 1. The molecule has 5 nitrogen and oxygen atoms in total. The Labute approximate surface area is 165 Å².